The SMILES string of the molecule is O=C(O)C(F)(F)F.O=C(c1cnccn1)N1CCC2(CC(=O)N(c3ccccn3)C2)C1. The number of anilines is 1. The Kier molecular flexibility index (Phi) is 6.18. The molecule has 1 atom stereocenters. The molecule has 2 aliphatic heterocycles. The van der Waals surface area contributed by atoms with Gasteiger partial charge in [0.25, 0.3) is 5.91 Å². The van der Waals surface area contributed by atoms with Crippen LogP contribution in [0.1, 0.15) is 23.3 Å². The summed E-state index contributed by atoms with van der Waals surface area (Å²) in [6, 6.07) is 5.55. The van der Waals surface area contributed by atoms with E-state index < -0.39 is 12.1 Å². The number of aromatic nitrogens is 3. The van der Waals surface area contributed by atoms with Gasteiger partial charge < -0.3 is 10.0 Å². The van der Waals surface area contributed by atoms with Gasteiger partial charge in [-0.2, -0.15) is 13.2 Å². The van der Waals surface area contributed by atoms with Crippen LogP contribution in [0.25, 0.3) is 0 Å². The van der Waals surface area contributed by atoms with Crippen molar-refractivity contribution in [2.24, 2.45) is 5.41 Å². The second-order valence-electron chi connectivity index (χ2n) is 7.21. The smallest absolute Gasteiger partial charge is 0.475 e. The largest absolute Gasteiger partial charge is 0.490 e. The number of carbonyl (C=O) groups is 3. The summed E-state index contributed by atoms with van der Waals surface area (Å²) in [6.45, 7) is 1.81. The van der Waals surface area contributed by atoms with Gasteiger partial charge in [0.15, 0.2) is 0 Å². The number of hydrogen-bond acceptors (Lipinski definition) is 6. The van der Waals surface area contributed by atoms with E-state index in [4.69, 9.17) is 9.90 Å². The van der Waals surface area contributed by atoms with Gasteiger partial charge in [-0.3, -0.25) is 19.5 Å². The predicted molar refractivity (Wildman–Crippen MR) is 99.9 cm³/mol. The van der Waals surface area contributed by atoms with Crippen molar-refractivity contribution in [1.29, 1.82) is 0 Å². The highest BCUT2D eigenvalue weighted by Crippen LogP contribution is 2.41. The molecule has 0 aliphatic carbocycles. The molecule has 0 bridgehead atoms. The first-order valence-corrected chi connectivity index (χ1v) is 9.18. The third-order valence-electron chi connectivity index (χ3n) is 5.00. The summed E-state index contributed by atoms with van der Waals surface area (Å²) in [5.41, 5.74) is 0.160. The number of nitrogens with zero attached hydrogens (tertiary/aromatic N) is 5. The van der Waals surface area contributed by atoms with Crippen molar-refractivity contribution in [3.05, 3.63) is 48.7 Å². The molecule has 2 amide bonds. The molecule has 2 saturated heterocycles. The molecule has 2 aliphatic rings. The van der Waals surface area contributed by atoms with E-state index in [9.17, 15) is 22.8 Å². The van der Waals surface area contributed by atoms with E-state index in [1.807, 2.05) is 18.2 Å². The zero-order valence-corrected chi connectivity index (χ0v) is 16.1. The highest BCUT2D eigenvalue weighted by molar-refractivity contribution is 5.96. The number of pyridine rings is 1. The molecule has 1 N–H and O–H groups in total. The summed E-state index contributed by atoms with van der Waals surface area (Å²) >= 11 is 0. The molecule has 4 rings (SSSR count). The number of carboxylic acid groups (broad SMARTS) is 1. The summed E-state index contributed by atoms with van der Waals surface area (Å²) in [6.07, 6.45) is 2.41. The summed E-state index contributed by atoms with van der Waals surface area (Å²) in [7, 11) is 0. The summed E-state index contributed by atoms with van der Waals surface area (Å²) in [4.78, 5) is 49.7. The second kappa shape index (κ2) is 8.66. The van der Waals surface area contributed by atoms with Gasteiger partial charge in [0, 0.05) is 50.1 Å². The average molecular weight is 437 g/mol. The molecule has 12 heteroatoms. The minimum atomic E-state index is -5.08. The Labute approximate surface area is 174 Å². The molecule has 0 saturated carbocycles. The van der Waals surface area contributed by atoms with Crippen LogP contribution in [-0.2, 0) is 9.59 Å². The van der Waals surface area contributed by atoms with E-state index in [1.54, 1.807) is 22.2 Å². The Morgan fingerprint density at radius 3 is 2.42 bits per heavy atom. The Hall–Kier alpha value is -3.57. The Morgan fingerprint density at radius 2 is 1.84 bits per heavy atom. The van der Waals surface area contributed by atoms with E-state index in [1.165, 1.54) is 12.4 Å². The lowest BCUT2D eigenvalue weighted by atomic mass is 9.86. The lowest BCUT2D eigenvalue weighted by Gasteiger charge is -2.23. The van der Waals surface area contributed by atoms with Crippen LogP contribution in [0.3, 0.4) is 0 Å². The molecular formula is C19H18F3N5O4. The molecule has 164 valence electrons. The number of carbonyl (C=O) groups excluding carboxylic acids is 2. The molecule has 2 fully saturated rings. The van der Waals surface area contributed by atoms with Crippen LogP contribution >= 0.6 is 0 Å². The molecule has 0 aromatic carbocycles. The summed E-state index contributed by atoms with van der Waals surface area (Å²) in [5, 5.41) is 7.12. The molecule has 2 aromatic heterocycles. The van der Waals surface area contributed by atoms with Gasteiger partial charge >= 0.3 is 12.1 Å². The summed E-state index contributed by atoms with van der Waals surface area (Å²) in [5.74, 6) is -2.13. The molecule has 9 nitrogen and oxygen atoms in total. The lowest BCUT2D eigenvalue weighted by Crippen LogP contribution is -2.34. The van der Waals surface area contributed by atoms with E-state index in [2.05, 4.69) is 15.0 Å². The zero-order chi connectivity index (χ0) is 22.6. The Balaban J connectivity index is 0.000000339. The molecule has 0 radical (unpaired) electrons. The standard InChI is InChI=1S/C17H17N5O2.C2HF3O2/c23-15-9-17(12-22(15)14-3-1-2-5-20-14)4-8-21(11-17)16(24)13-10-18-6-7-19-13;3-2(4,5)1(6)7/h1-3,5-7,10H,4,8-9,11-12H2;(H,6,7). The minimum Gasteiger partial charge on any atom is -0.475 e. The van der Waals surface area contributed by atoms with Crippen molar-refractivity contribution < 1.29 is 32.7 Å². The van der Waals surface area contributed by atoms with Crippen LogP contribution in [-0.4, -0.2) is 68.6 Å². The van der Waals surface area contributed by atoms with Crippen LogP contribution in [0.15, 0.2) is 43.0 Å². The zero-order valence-electron chi connectivity index (χ0n) is 16.1. The number of amides is 2. The normalized spacial score (nSPS) is 20.5. The fourth-order valence-electron chi connectivity index (χ4n) is 3.57. The van der Waals surface area contributed by atoms with E-state index >= 15 is 0 Å². The van der Waals surface area contributed by atoms with Crippen LogP contribution < -0.4 is 4.90 Å². The summed E-state index contributed by atoms with van der Waals surface area (Å²) < 4.78 is 31.7. The van der Waals surface area contributed by atoms with E-state index in [0.29, 0.717) is 37.6 Å². The van der Waals surface area contributed by atoms with Crippen LogP contribution in [0.4, 0.5) is 19.0 Å². The topological polar surface area (TPSA) is 117 Å². The van der Waals surface area contributed by atoms with Gasteiger partial charge in [-0.15, -0.1) is 0 Å². The van der Waals surface area contributed by atoms with Crippen LogP contribution in [0.2, 0.25) is 0 Å². The monoisotopic (exact) mass is 437 g/mol. The number of rotatable bonds is 2. The molecule has 2 aromatic rings. The van der Waals surface area contributed by atoms with Gasteiger partial charge in [-0.1, -0.05) is 6.07 Å². The quantitative estimate of drug-likeness (QED) is 0.761. The van der Waals surface area contributed by atoms with E-state index in [0.717, 1.165) is 6.42 Å². The van der Waals surface area contributed by atoms with Gasteiger partial charge in [-0.05, 0) is 18.6 Å². The number of hydrogen-bond donors (Lipinski definition) is 1. The highest BCUT2D eigenvalue weighted by Gasteiger charge is 2.49. The number of aliphatic carboxylic acids is 1. The second-order valence-corrected chi connectivity index (χ2v) is 7.21. The molecular weight excluding hydrogens is 419 g/mol. The Bertz CT molecular complexity index is 958. The number of alkyl halides is 3. The molecule has 1 unspecified atom stereocenters. The van der Waals surface area contributed by atoms with Gasteiger partial charge in [-0.25, -0.2) is 14.8 Å². The average Bonchev–Trinajstić information content (AvgIpc) is 3.31. The van der Waals surface area contributed by atoms with Crippen LogP contribution in [0.5, 0.6) is 0 Å². The first kappa shape index (κ1) is 22.1. The van der Waals surface area contributed by atoms with Gasteiger partial charge in [0.05, 0.1) is 6.20 Å². The number of halogens is 3. The van der Waals surface area contributed by atoms with Crippen molar-refractivity contribution >= 4 is 23.6 Å². The maximum atomic E-state index is 12.5. The fourth-order valence-corrected chi connectivity index (χ4v) is 3.57. The molecule has 31 heavy (non-hydrogen) atoms. The van der Waals surface area contributed by atoms with Crippen molar-refractivity contribution in [1.82, 2.24) is 19.9 Å². The van der Waals surface area contributed by atoms with Crippen molar-refractivity contribution in [2.75, 3.05) is 24.5 Å². The van der Waals surface area contributed by atoms with E-state index in [-0.39, 0.29) is 17.2 Å². The first-order valence-electron chi connectivity index (χ1n) is 9.18. The Morgan fingerprint density at radius 1 is 1.10 bits per heavy atom. The molecule has 4 heterocycles. The van der Waals surface area contributed by atoms with Crippen molar-refractivity contribution in [2.45, 2.75) is 19.0 Å². The highest BCUT2D eigenvalue weighted by atomic mass is 19.4. The van der Waals surface area contributed by atoms with Crippen molar-refractivity contribution in [3.63, 3.8) is 0 Å². The maximum Gasteiger partial charge on any atom is 0.490 e. The maximum absolute atomic E-state index is 12.5. The number of carboxylic acids is 1. The third-order valence-corrected chi connectivity index (χ3v) is 5.00. The third kappa shape index (κ3) is 5.13. The van der Waals surface area contributed by atoms with Gasteiger partial charge in [0.1, 0.15) is 11.5 Å². The van der Waals surface area contributed by atoms with Crippen LogP contribution in [0, 0.1) is 5.41 Å². The fraction of sp³-hybridized carbons (Fsp3) is 0.368. The van der Waals surface area contributed by atoms with Gasteiger partial charge in [0.2, 0.25) is 5.91 Å². The lowest BCUT2D eigenvalue weighted by molar-refractivity contribution is -0.192. The number of likely N-dealkylation sites (tertiary alicyclic amines) is 1. The van der Waals surface area contributed by atoms with Crippen molar-refractivity contribution in [3.8, 4) is 0 Å². The minimum absolute atomic E-state index is 0.0718. The predicted octanol–water partition coefficient (Wildman–Crippen LogP) is 1.77. The first-order chi connectivity index (χ1) is 14.6. The molecule has 1 spiro atoms.